The summed E-state index contributed by atoms with van der Waals surface area (Å²) in [5.74, 6) is -1.32. The summed E-state index contributed by atoms with van der Waals surface area (Å²) in [6.07, 6.45) is 47.4. The van der Waals surface area contributed by atoms with Gasteiger partial charge in [0.05, 0.1) is 0 Å². The van der Waals surface area contributed by atoms with E-state index >= 15 is 0 Å². The lowest BCUT2D eigenvalue weighted by molar-refractivity contribution is -0.138. The molecule has 0 spiro atoms. The number of rotatable bonds is 35. The van der Waals surface area contributed by atoms with E-state index in [0.717, 1.165) is 25.7 Å². The van der Waals surface area contributed by atoms with Crippen molar-refractivity contribution in [3.05, 3.63) is 12.2 Å². The van der Waals surface area contributed by atoms with Crippen LogP contribution in [-0.2, 0) is 9.59 Å². The topological polar surface area (TPSA) is 74.6 Å². The molecule has 0 fully saturated rings. The average molecular weight is 623 g/mol. The third kappa shape index (κ3) is 47.6. The highest BCUT2D eigenvalue weighted by molar-refractivity contribution is 5.66. The molecule has 44 heavy (non-hydrogen) atoms. The van der Waals surface area contributed by atoms with Crippen LogP contribution in [0.5, 0.6) is 0 Å². The first-order chi connectivity index (χ1) is 21.5. The van der Waals surface area contributed by atoms with E-state index < -0.39 is 11.9 Å². The van der Waals surface area contributed by atoms with Crippen LogP contribution in [0.1, 0.15) is 232 Å². The van der Waals surface area contributed by atoms with Gasteiger partial charge in [0.2, 0.25) is 0 Å². The summed E-state index contributed by atoms with van der Waals surface area (Å²) >= 11 is 0. The summed E-state index contributed by atoms with van der Waals surface area (Å²) < 4.78 is 0. The summed E-state index contributed by atoms with van der Waals surface area (Å²) in [4.78, 5) is 20.7. The van der Waals surface area contributed by atoms with Crippen molar-refractivity contribution in [3.63, 3.8) is 0 Å². The van der Waals surface area contributed by atoms with E-state index in [1.807, 2.05) is 0 Å². The van der Waals surface area contributed by atoms with Crippen molar-refractivity contribution in [1.82, 2.24) is 0 Å². The van der Waals surface area contributed by atoms with E-state index in [-0.39, 0.29) is 0 Å². The second kappa shape index (κ2) is 41.7. The maximum Gasteiger partial charge on any atom is 0.303 e. The Bertz CT molecular complexity index is 586. The van der Waals surface area contributed by atoms with Crippen LogP contribution in [0.4, 0.5) is 0 Å². The first-order valence-corrected chi connectivity index (χ1v) is 19.6. The normalized spacial score (nSPS) is 11.1. The molecule has 2 N–H and O–H groups in total. The molecule has 0 aromatic heterocycles. The molecule has 0 atom stereocenters. The maximum absolute atomic E-state index is 10.4. The Hall–Kier alpha value is -1.32. The number of carboxylic acid groups (broad SMARTS) is 2. The third-order valence-electron chi connectivity index (χ3n) is 8.65. The van der Waals surface area contributed by atoms with Crippen LogP contribution >= 0.6 is 0 Å². The molecular weight excluding hydrogens is 544 g/mol. The summed E-state index contributed by atoms with van der Waals surface area (Å²) in [6.45, 7) is 4.50. The van der Waals surface area contributed by atoms with E-state index in [4.69, 9.17) is 10.2 Å². The minimum atomic E-state index is -0.668. The molecule has 4 heteroatoms. The predicted octanol–water partition coefficient (Wildman–Crippen LogP) is 14.0. The van der Waals surface area contributed by atoms with Gasteiger partial charge in [-0.15, -0.1) is 0 Å². The highest BCUT2D eigenvalue weighted by Crippen LogP contribution is 2.15. The summed E-state index contributed by atoms with van der Waals surface area (Å²) in [6, 6.07) is 0. The zero-order valence-electron chi connectivity index (χ0n) is 29.9. The monoisotopic (exact) mass is 623 g/mol. The number of hydrogen-bond donors (Lipinski definition) is 2. The van der Waals surface area contributed by atoms with Crippen molar-refractivity contribution in [2.24, 2.45) is 0 Å². The second-order valence-corrected chi connectivity index (χ2v) is 13.2. The molecular formula is C40H78O4. The standard InChI is InChI=1S/C26H52O2.C14H26O2/c1-2-3-4-5-6-7-8-9-10-11-12-13-14-15-16-17-18-19-20-21-22-23-24-25-26(27)28;1-2-3-4-5-6-7-8-9-10-11-12-13-14(15)16/h2-25H2,1H3,(H,27,28);5-6H,2-4,7-13H2,1H3,(H,15,16)/b;6-5-. The lowest BCUT2D eigenvalue weighted by Crippen LogP contribution is -1.93. The van der Waals surface area contributed by atoms with E-state index in [1.54, 1.807) is 0 Å². The van der Waals surface area contributed by atoms with Crippen molar-refractivity contribution in [1.29, 1.82) is 0 Å². The van der Waals surface area contributed by atoms with Crippen molar-refractivity contribution >= 4 is 11.9 Å². The number of carbonyl (C=O) groups is 2. The second-order valence-electron chi connectivity index (χ2n) is 13.2. The lowest BCUT2D eigenvalue weighted by Gasteiger charge is -2.04. The molecule has 0 aliphatic rings. The fourth-order valence-corrected chi connectivity index (χ4v) is 5.69. The Labute approximate surface area is 275 Å². The Kier molecular flexibility index (Phi) is 42.4. The number of hydrogen-bond acceptors (Lipinski definition) is 2. The van der Waals surface area contributed by atoms with Crippen LogP contribution in [0.2, 0.25) is 0 Å². The summed E-state index contributed by atoms with van der Waals surface area (Å²) in [5, 5.41) is 17.0. The van der Waals surface area contributed by atoms with Crippen LogP contribution in [0, 0.1) is 0 Å². The molecule has 0 rings (SSSR count). The highest BCUT2D eigenvalue weighted by Gasteiger charge is 1.98. The van der Waals surface area contributed by atoms with E-state index in [2.05, 4.69) is 26.0 Å². The number of carboxylic acids is 2. The fourth-order valence-electron chi connectivity index (χ4n) is 5.69. The number of allylic oxidation sites excluding steroid dienone is 2. The van der Waals surface area contributed by atoms with Gasteiger partial charge in [-0.05, 0) is 32.1 Å². The van der Waals surface area contributed by atoms with Crippen LogP contribution in [0.25, 0.3) is 0 Å². The molecule has 0 heterocycles. The van der Waals surface area contributed by atoms with Crippen LogP contribution in [0.3, 0.4) is 0 Å². The van der Waals surface area contributed by atoms with Gasteiger partial charge < -0.3 is 10.2 Å². The summed E-state index contributed by atoms with van der Waals surface area (Å²) in [5.41, 5.74) is 0. The highest BCUT2D eigenvalue weighted by atomic mass is 16.4. The smallest absolute Gasteiger partial charge is 0.303 e. The molecule has 0 radical (unpaired) electrons. The van der Waals surface area contributed by atoms with Gasteiger partial charge in [-0.3, -0.25) is 9.59 Å². The van der Waals surface area contributed by atoms with Gasteiger partial charge in [-0.2, -0.15) is 0 Å². The Morgan fingerprint density at radius 1 is 0.341 bits per heavy atom. The number of aliphatic carboxylic acids is 2. The minimum Gasteiger partial charge on any atom is -0.481 e. The maximum atomic E-state index is 10.4. The third-order valence-corrected chi connectivity index (χ3v) is 8.65. The molecule has 0 saturated heterocycles. The van der Waals surface area contributed by atoms with E-state index in [0.29, 0.717) is 12.8 Å². The van der Waals surface area contributed by atoms with Crippen molar-refractivity contribution in [2.45, 2.75) is 232 Å². The molecule has 0 amide bonds. The Balaban J connectivity index is 0. The van der Waals surface area contributed by atoms with Crippen molar-refractivity contribution < 1.29 is 19.8 Å². The van der Waals surface area contributed by atoms with Crippen LogP contribution < -0.4 is 0 Å². The lowest BCUT2D eigenvalue weighted by atomic mass is 10.0. The van der Waals surface area contributed by atoms with Gasteiger partial charge in [0.15, 0.2) is 0 Å². The Morgan fingerprint density at radius 2 is 0.568 bits per heavy atom. The van der Waals surface area contributed by atoms with E-state index in [1.165, 1.54) is 180 Å². The van der Waals surface area contributed by atoms with Gasteiger partial charge in [0, 0.05) is 12.8 Å². The molecule has 0 aliphatic heterocycles. The van der Waals surface area contributed by atoms with Crippen LogP contribution in [-0.4, -0.2) is 22.2 Å². The molecule has 0 saturated carbocycles. The minimum absolute atomic E-state index is 0.330. The molecule has 262 valence electrons. The molecule has 0 aromatic rings. The molecule has 0 aliphatic carbocycles. The molecule has 0 aromatic carbocycles. The zero-order chi connectivity index (χ0) is 32.6. The zero-order valence-corrected chi connectivity index (χ0v) is 29.9. The predicted molar refractivity (Wildman–Crippen MR) is 193 cm³/mol. The van der Waals surface area contributed by atoms with Crippen molar-refractivity contribution in [2.75, 3.05) is 0 Å². The largest absolute Gasteiger partial charge is 0.481 e. The average Bonchev–Trinajstić information content (AvgIpc) is 3.00. The first-order valence-electron chi connectivity index (χ1n) is 19.6. The van der Waals surface area contributed by atoms with Gasteiger partial charge in [-0.1, -0.05) is 199 Å². The summed E-state index contributed by atoms with van der Waals surface area (Å²) in [7, 11) is 0. The quantitative estimate of drug-likeness (QED) is 0.0544. The molecule has 0 unspecified atom stereocenters. The van der Waals surface area contributed by atoms with Gasteiger partial charge in [0.25, 0.3) is 0 Å². The van der Waals surface area contributed by atoms with E-state index in [9.17, 15) is 9.59 Å². The Morgan fingerprint density at radius 3 is 0.841 bits per heavy atom. The van der Waals surface area contributed by atoms with Gasteiger partial charge in [0.1, 0.15) is 0 Å². The molecule has 0 bridgehead atoms. The van der Waals surface area contributed by atoms with Crippen LogP contribution in [0.15, 0.2) is 12.2 Å². The fraction of sp³-hybridized carbons (Fsp3) is 0.900. The van der Waals surface area contributed by atoms with Gasteiger partial charge >= 0.3 is 11.9 Å². The molecule has 4 nitrogen and oxygen atoms in total. The SMILES string of the molecule is CCCC/C=C\CCCCCCCC(=O)O.CCCCCCCCCCCCCCCCCCCCCCCCCC(=O)O. The van der Waals surface area contributed by atoms with Gasteiger partial charge in [-0.25, -0.2) is 0 Å². The number of unbranched alkanes of at least 4 members (excludes halogenated alkanes) is 29. The first kappa shape index (κ1) is 44.8. The van der Waals surface area contributed by atoms with Crippen molar-refractivity contribution in [3.8, 4) is 0 Å².